The Morgan fingerprint density at radius 1 is 1.19 bits per heavy atom. The number of carbonyl (C=O) groups excluding carboxylic acids is 1. The first-order valence-corrected chi connectivity index (χ1v) is 7.02. The second-order valence-electron chi connectivity index (χ2n) is 5.28. The van der Waals surface area contributed by atoms with E-state index in [-0.39, 0.29) is 11.9 Å². The molecular formula is C17H18N2O2. The maximum atomic E-state index is 12.6. The first-order chi connectivity index (χ1) is 10.1. The van der Waals surface area contributed by atoms with Crippen LogP contribution in [0.5, 0.6) is 5.75 Å². The van der Waals surface area contributed by atoms with Crippen molar-refractivity contribution in [2.75, 3.05) is 10.6 Å². The smallest absolute Gasteiger partial charge is 0.268 e. The van der Waals surface area contributed by atoms with Crippen molar-refractivity contribution in [2.45, 2.75) is 26.0 Å². The number of nitrogens with two attached hydrogens (primary N) is 1. The highest BCUT2D eigenvalue weighted by Gasteiger charge is 2.34. The van der Waals surface area contributed by atoms with Crippen LogP contribution in [0.3, 0.4) is 0 Å². The van der Waals surface area contributed by atoms with E-state index in [4.69, 9.17) is 10.5 Å². The second-order valence-corrected chi connectivity index (χ2v) is 5.28. The van der Waals surface area contributed by atoms with Gasteiger partial charge in [0.1, 0.15) is 5.75 Å². The molecule has 1 heterocycles. The van der Waals surface area contributed by atoms with E-state index in [1.807, 2.05) is 43.3 Å². The van der Waals surface area contributed by atoms with Gasteiger partial charge < -0.3 is 10.5 Å². The number of anilines is 2. The van der Waals surface area contributed by atoms with Crippen LogP contribution in [-0.4, -0.2) is 12.0 Å². The van der Waals surface area contributed by atoms with Gasteiger partial charge in [-0.15, -0.1) is 0 Å². The molecule has 4 nitrogen and oxygen atoms in total. The largest absolute Gasteiger partial charge is 0.479 e. The summed E-state index contributed by atoms with van der Waals surface area (Å²) >= 11 is 0. The molecule has 0 aromatic heterocycles. The number of nitrogens with zero attached hydrogens (tertiary/aromatic N) is 1. The molecule has 0 unspecified atom stereocenters. The summed E-state index contributed by atoms with van der Waals surface area (Å²) in [7, 11) is 0. The predicted octanol–water partition coefficient (Wildman–Crippen LogP) is 3.14. The molecule has 0 saturated carbocycles. The van der Waals surface area contributed by atoms with Gasteiger partial charge in [0.2, 0.25) is 0 Å². The normalized spacial score (nSPS) is 18.9. The number of carbonyl (C=O) groups is 1. The van der Waals surface area contributed by atoms with Crippen LogP contribution in [0.25, 0.3) is 0 Å². The van der Waals surface area contributed by atoms with Crippen LogP contribution in [-0.2, 0) is 4.79 Å². The molecule has 21 heavy (non-hydrogen) atoms. The van der Waals surface area contributed by atoms with Crippen molar-refractivity contribution in [2.24, 2.45) is 0 Å². The molecule has 108 valence electrons. The number of rotatable bonds is 2. The Morgan fingerprint density at radius 2 is 1.90 bits per heavy atom. The van der Waals surface area contributed by atoms with Gasteiger partial charge in [-0.2, -0.15) is 0 Å². The minimum atomic E-state index is -0.509. The topological polar surface area (TPSA) is 55.6 Å². The van der Waals surface area contributed by atoms with Crippen LogP contribution in [0, 0.1) is 0 Å². The van der Waals surface area contributed by atoms with Crippen molar-refractivity contribution in [3.05, 3.63) is 54.1 Å². The zero-order valence-corrected chi connectivity index (χ0v) is 12.1. The van der Waals surface area contributed by atoms with Gasteiger partial charge in [0.05, 0.1) is 11.7 Å². The molecule has 3 rings (SSSR count). The molecule has 2 aromatic rings. The van der Waals surface area contributed by atoms with Crippen molar-refractivity contribution < 1.29 is 9.53 Å². The van der Waals surface area contributed by atoms with Crippen LogP contribution < -0.4 is 15.4 Å². The number of benzene rings is 2. The number of ether oxygens (including phenoxy) is 1. The highest BCUT2D eigenvalue weighted by Crippen LogP contribution is 2.40. The summed E-state index contributed by atoms with van der Waals surface area (Å²) in [6, 6.07) is 15.3. The standard InChI is InChI=1S/C17H18N2O2/c1-11(13-6-4-3-5-7-13)19-15-9-8-14(18)10-16(15)21-12(2)17(19)20/h3-12H,18H2,1-2H3/t11-,12-/m1/s1. The zero-order chi connectivity index (χ0) is 15.0. The Labute approximate surface area is 124 Å². The third-order valence-electron chi connectivity index (χ3n) is 3.80. The van der Waals surface area contributed by atoms with Crippen LogP contribution >= 0.6 is 0 Å². The molecule has 0 fully saturated rings. The average Bonchev–Trinajstić information content (AvgIpc) is 2.49. The lowest BCUT2D eigenvalue weighted by Gasteiger charge is -2.37. The SMILES string of the molecule is C[C@H](c1ccccc1)N1C(=O)[C@@H](C)Oc2cc(N)ccc21. The van der Waals surface area contributed by atoms with E-state index < -0.39 is 6.10 Å². The molecule has 0 saturated heterocycles. The number of hydrogen-bond donors (Lipinski definition) is 1. The third-order valence-corrected chi connectivity index (χ3v) is 3.80. The monoisotopic (exact) mass is 282 g/mol. The average molecular weight is 282 g/mol. The summed E-state index contributed by atoms with van der Waals surface area (Å²) < 4.78 is 5.67. The van der Waals surface area contributed by atoms with E-state index >= 15 is 0 Å². The molecular weight excluding hydrogens is 264 g/mol. The van der Waals surface area contributed by atoms with Gasteiger partial charge in [0.15, 0.2) is 6.10 Å². The Morgan fingerprint density at radius 3 is 2.62 bits per heavy atom. The van der Waals surface area contributed by atoms with E-state index in [1.165, 1.54) is 0 Å². The first-order valence-electron chi connectivity index (χ1n) is 7.02. The lowest BCUT2D eigenvalue weighted by Crippen LogP contribution is -2.45. The van der Waals surface area contributed by atoms with Crippen molar-refractivity contribution in [1.29, 1.82) is 0 Å². The van der Waals surface area contributed by atoms with E-state index in [2.05, 4.69) is 0 Å². The Hall–Kier alpha value is -2.49. The summed E-state index contributed by atoms with van der Waals surface area (Å²) in [5.41, 5.74) is 8.29. The summed E-state index contributed by atoms with van der Waals surface area (Å²) in [6.45, 7) is 3.78. The number of hydrogen-bond acceptors (Lipinski definition) is 3. The summed E-state index contributed by atoms with van der Waals surface area (Å²) in [4.78, 5) is 14.3. The Bertz CT molecular complexity index is 670. The summed E-state index contributed by atoms with van der Waals surface area (Å²) in [5.74, 6) is 0.619. The Balaban J connectivity index is 2.07. The highest BCUT2D eigenvalue weighted by molar-refractivity contribution is 6.00. The molecule has 2 N–H and O–H groups in total. The Kier molecular flexibility index (Phi) is 3.29. The summed E-state index contributed by atoms with van der Waals surface area (Å²) in [6.07, 6.45) is -0.509. The second kappa shape index (κ2) is 5.13. The maximum Gasteiger partial charge on any atom is 0.268 e. The fourth-order valence-electron chi connectivity index (χ4n) is 2.66. The molecule has 0 aliphatic carbocycles. The molecule has 0 spiro atoms. The summed E-state index contributed by atoms with van der Waals surface area (Å²) in [5, 5.41) is 0. The predicted molar refractivity (Wildman–Crippen MR) is 83.3 cm³/mol. The first kappa shape index (κ1) is 13.5. The highest BCUT2D eigenvalue weighted by atomic mass is 16.5. The molecule has 1 aliphatic rings. The van der Waals surface area contributed by atoms with Crippen molar-refractivity contribution in [3.8, 4) is 5.75 Å². The van der Waals surface area contributed by atoms with Gasteiger partial charge in [0, 0.05) is 11.8 Å². The molecule has 4 heteroatoms. The van der Waals surface area contributed by atoms with Crippen LogP contribution in [0.2, 0.25) is 0 Å². The zero-order valence-electron chi connectivity index (χ0n) is 12.1. The van der Waals surface area contributed by atoms with Gasteiger partial charge >= 0.3 is 0 Å². The van der Waals surface area contributed by atoms with E-state index in [0.717, 1.165) is 11.3 Å². The molecule has 1 aliphatic heterocycles. The molecule has 0 radical (unpaired) electrons. The fourth-order valence-corrected chi connectivity index (χ4v) is 2.66. The third kappa shape index (κ3) is 2.33. The van der Waals surface area contributed by atoms with Crippen molar-refractivity contribution in [3.63, 3.8) is 0 Å². The quantitative estimate of drug-likeness (QED) is 0.861. The van der Waals surface area contributed by atoms with Crippen LogP contribution in [0.1, 0.15) is 25.5 Å². The van der Waals surface area contributed by atoms with Crippen LogP contribution in [0.15, 0.2) is 48.5 Å². The number of nitrogen functional groups attached to an aromatic ring is 1. The van der Waals surface area contributed by atoms with E-state index in [1.54, 1.807) is 24.0 Å². The minimum absolute atomic E-state index is 0.0383. The number of amides is 1. The van der Waals surface area contributed by atoms with Crippen LogP contribution in [0.4, 0.5) is 11.4 Å². The minimum Gasteiger partial charge on any atom is -0.479 e. The molecule has 0 bridgehead atoms. The van der Waals surface area contributed by atoms with Gasteiger partial charge in [-0.25, -0.2) is 0 Å². The van der Waals surface area contributed by atoms with Gasteiger partial charge in [0.25, 0.3) is 5.91 Å². The van der Waals surface area contributed by atoms with Gasteiger partial charge in [-0.05, 0) is 31.5 Å². The number of fused-ring (bicyclic) bond motifs is 1. The lowest BCUT2D eigenvalue weighted by atomic mass is 10.0. The molecule has 2 aromatic carbocycles. The van der Waals surface area contributed by atoms with E-state index in [0.29, 0.717) is 11.4 Å². The van der Waals surface area contributed by atoms with Gasteiger partial charge in [-0.3, -0.25) is 9.69 Å². The fraction of sp³-hybridized carbons (Fsp3) is 0.235. The van der Waals surface area contributed by atoms with E-state index in [9.17, 15) is 4.79 Å². The lowest BCUT2D eigenvalue weighted by molar-refractivity contribution is -0.126. The maximum absolute atomic E-state index is 12.6. The molecule has 2 atom stereocenters. The van der Waals surface area contributed by atoms with Crippen molar-refractivity contribution >= 4 is 17.3 Å². The van der Waals surface area contributed by atoms with Gasteiger partial charge in [-0.1, -0.05) is 30.3 Å². The van der Waals surface area contributed by atoms with Crippen molar-refractivity contribution in [1.82, 2.24) is 0 Å². The molecule has 1 amide bonds.